The number of nitrogens with one attached hydrogen (secondary N) is 1. The predicted molar refractivity (Wildman–Crippen MR) is 101 cm³/mol. The van der Waals surface area contributed by atoms with Crippen molar-refractivity contribution >= 4 is 17.2 Å². The molecule has 0 atom stereocenters. The van der Waals surface area contributed by atoms with Crippen LogP contribution < -0.4 is 5.32 Å². The van der Waals surface area contributed by atoms with Gasteiger partial charge in [0, 0.05) is 30.9 Å². The van der Waals surface area contributed by atoms with E-state index in [0.29, 0.717) is 12.6 Å². The molecule has 25 heavy (non-hydrogen) atoms. The van der Waals surface area contributed by atoms with Gasteiger partial charge in [-0.25, -0.2) is 9.97 Å². The van der Waals surface area contributed by atoms with Gasteiger partial charge in [-0.15, -0.1) is 11.3 Å². The first-order valence-electron chi connectivity index (χ1n) is 9.31. The van der Waals surface area contributed by atoms with Gasteiger partial charge in [-0.3, -0.25) is 4.79 Å². The van der Waals surface area contributed by atoms with Crippen molar-refractivity contribution in [3.05, 3.63) is 33.3 Å². The molecule has 1 N–H and O–H groups in total. The molecule has 1 saturated carbocycles. The number of aryl methyl sites for hydroxylation is 3. The lowest BCUT2D eigenvalue weighted by Gasteiger charge is -2.21. The number of thiazole rings is 1. The first kappa shape index (κ1) is 18.1. The zero-order chi connectivity index (χ0) is 17.8. The minimum Gasteiger partial charge on any atom is -0.351 e. The maximum absolute atomic E-state index is 12.3. The van der Waals surface area contributed by atoms with Gasteiger partial charge >= 0.3 is 0 Å². The lowest BCUT2D eigenvalue weighted by molar-refractivity contribution is 0.0957. The third-order valence-electron chi connectivity index (χ3n) is 4.99. The number of carbonyl (C=O) groups excluding carboxylic acids is 1. The highest BCUT2D eigenvalue weighted by atomic mass is 32.1. The van der Waals surface area contributed by atoms with Crippen LogP contribution in [0.1, 0.15) is 76.5 Å². The Hall–Kier alpha value is -1.69. The second-order valence-corrected chi connectivity index (χ2v) is 8.19. The lowest BCUT2D eigenvalue weighted by atomic mass is 10.1. The summed E-state index contributed by atoms with van der Waals surface area (Å²) < 4.78 is 2.42. The molecule has 2 heterocycles. The van der Waals surface area contributed by atoms with Gasteiger partial charge in [0.05, 0.1) is 10.7 Å². The molecule has 0 spiro atoms. The summed E-state index contributed by atoms with van der Waals surface area (Å²) in [5.74, 6) is 1.08. The summed E-state index contributed by atoms with van der Waals surface area (Å²) in [6.07, 6.45) is 10.6. The molecule has 2 aromatic rings. The van der Waals surface area contributed by atoms with Crippen LogP contribution in [0.25, 0.3) is 0 Å². The second-order valence-electron chi connectivity index (χ2n) is 6.98. The van der Waals surface area contributed by atoms with Crippen LogP contribution in [0.2, 0.25) is 0 Å². The molecule has 0 saturated heterocycles. The van der Waals surface area contributed by atoms with Gasteiger partial charge in [0.1, 0.15) is 10.7 Å². The summed E-state index contributed by atoms with van der Waals surface area (Å²) in [6, 6.07) is 0.571. The minimum atomic E-state index is -0.0209. The molecule has 2 aromatic heterocycles. The fourth-order valence-electron chi connectivity index (χ4n) is 3.81. The first-order chi connectivity index (χ1) is 12.1. The van der Waals surface area contributed by atoms with Crippen molar-refractivity contribution in [2.75, 3.05) is 6.54 Å². The van der Waals surface area contributed by atoms with Crippen LogP contribution >= 0.6 is 11.3 Å². The zero-order valence-corrected chi connectivity index (χ0v) is 16.3. The fourth-order valence-corrected chi connectivity index (χ4v) is 4.64. The molecule has 136 valence electrons. The molecule has 1 fully saturated rings. The van der Waals surface area contributed by atoms with Crippen LogP contribution in [-0.4, -0.2) is 27.0 Å². The number of hydrogen-bond acceptors (Lipinski definition) is 4. The Morgan fingerprint density at radius 1 is 1.24 bits per heavy atom. The van der Waals surface area contributed by atoms with Gasteiger partial charge in [0.2, 0.25) is 0 Å². The van der Waals surface area contributed by atoms with Gasteiger partial charge in [-0.05, 0) is 33.6 Å². The molecule has 0 aromatic carbocycles. The van der Waals surface area contributed by atoms with Crippen molar-refractivity contribution in [3.63, 3.8) is 0 Å². The van der Waals surface area contributed by atoms with Gasteiger partial charge in [0.15, 0.2) is 0 Å². The molecule has 6 heteroatoms. The molecule has 3 rings (SSSR count). The van der Waals surface area contributed by atoms with Crippen molar-refractivity contribution in [2.24, 2.45) is 0 Å². The van der Waals surface area contributed by atoms with Crippen molar-refractivity contribution < 1.29 is 4.79 Å². The molecule has 0 unspecified atom stereocenters. The van der Waals surface area contributed by atoms with Gasteiger partial charge in [0.25, 0.3) is 5.91 Å². The maximum atomic E-state index is 12.3. The molecule has 0 radical (unpaired) electrons. The van der Waals surface area contributed by atoms with Crippen molar-refractivity contribution in [1.82, 2.24) is 19.9 Å². The van der Waals surface area contributed by atoms with Crippen LogP contribution in [0.4, 0.5) is 0 Å². The number of rotatable bonds is 5. The van der Waals surface area contributed by atoms with E-state index in [0.717, 1.165) is 27.8 Å². The highest BCUT2D eigenvalue weighted by molar-refractivity contribution is 7.13. The average Bonchev–Trinajstić information content (AvgIpc) is 2.98. The molecule has 1 amide bonds. The van der Waals surface area contributed by atoms with Crippen LogP contribution in [0.15, 0.2) is 6.20 Å². The Balaban J connectivity index is 1.62. The molecular weight excluding hydrogens is 332 g/mol. The topological polar surface area (TPSA) is 59.8 Å². The van der Waals surface area contributed by atoms with E-state index in [1.807, 2.05) is 20.0 Å². The molecule has 1 aliphatic rings. The Bertz CT molecular complexity index is 726. The third kappa shape index (κ3) is 4.29. The van der Waals surface area contributed by atoms with Crippen molar-refractivity contribution in [3.8, 4) is 0 Å². The highest BCUT2D eigenvalue weighted by Gasteiger charge is 2.19. The Kier molecular flexibility index (Phi) is 5.89. The number of carbonyl (C=O) groups is 1. The Morgan fingerprint density at radius 2 is 1.96 bits per heavy atom. The number of hydrogen-bond donors (Lipinski definition) is 1. The average molecular weight is 361 g/mol. The minimum absolute atomic E-state index is 0.0209. The number of aromatic nitrogens is 3. The van der Waals surface area contributed by atoms with E-state index in [9.17, 15) is 4.79 Å². The fraction of sp³-hybridized carbons (Fsp3) is 0.632. The van der Waals surface area contributed by atoms with Crippen LogP contribution in [-0.2, 0) is 6.42 Å². The van der Waals surface area contributed by atoms with E-state index >= 15 is 0 Å². The van der Waals surface area contributed by atoms with E-state index in [-0.39, 0.29) is 5.91 Å². The number of imidazole rings is 1. The highest BCUT2D eigenvalue weighted by Crippen LogP contribution is 2.29. The summed E-state index contributed by atoms with van der Waals surface area (Å²) >= 11 is 1.46. The normalized spacial score (nSPS) is 16.0. The van der Waals surface area contributed by atoms with Gasteiger partial charge in [-0.2, -0.15) is 0 Å². The van der Waals surface area contributed by atoms with E-state index in [1.165, 1.54) is 55.6 Å². The molecule has 5 nitrogen and oxygen atoms in total. The molecular formula is C19H28N4OS. The zero-order valence-electron chi connectivity index (χ0n) is 15.5. The largest absolute Gasteiger partial charge is 0.351 e. The third-order valence-corrected chi connectivity index (χ3v) is 6.06. The standard InChI is InChI=1S/C19H28N4OS/c1-13-12-21-17(23(13)16-8-6-4-5-7-9-16)10-11-20-19(24)18-14(2)22-15(3)25-18/h12,16H,4-11H2,1-3H3,(H,20,24). The molecule has 0 bridgehead atoms. The van der Waals surface area contributed by atoms with Gasteiger partial charge in [-0.1, -0.05) is 25.7 Å². The second kappa shape index (κ2) is 8.13. The van der Waals surface area contributed by atoms with Crippen LogP contribution in [0.3, 0.4) is 0 Å². The first-order valence-corrected chi connectivity index (χ1v) is 10.1. The summed E-state index contributed by atoms with van der Waals surface area (Å²) in [7, 11) is 0. The SMILES string of the molecule is Cc1nc(C)c(C(=O)NCCc2ncc(C)n2C2CCCCCC2)s1. The molecule has 1 aliphatic carbocycles. The predicted octanol–water partition coefficient (Wildman–Crippen LogP) is 4.13. The quantitative estimate of drug-likeness (QED) is 0.816. The summed E-state index contributed by atoms with van der Waals surface area (Å²) in [5, 5.41) is 3.96. The molecule has 0 aliphatic heterocycles. The summed E-state index contributed by atoms with van der Waals surface area (Å²) in [6.45, 7) is 6.57. The van der Waals surface area contributed by atoms with E-state index in [4.69, 9.17) is 0 Å². The van der Waals surface area contributed by atoms with Crippen LogP contribution in [0, 0.1) is 20.8 Å². The maximum Gasteiger partial charge on any atom is 0.263 e. The van der Waals surface area contributed by atoms with Crippen molar-refractivity contribution in [2.45, 2.75) is 71.8 Å². The van der Waals surface area contributed by atoms with Crippen LogP contribution in [0.5, 0.6) is 0 Å². The Morgan fingerprint density at radius 3 is 2.60 bits per heavy atom. The summed E-state index contributed by atoms with van der Waals surface area (Å²) in [4.78, 5) is 22.0. The smallest absolute Gasteiger partial charge is 0.263 e. The Labute approximate surface area is 153 Å². The van der Waals surface area contributed by atoms with Crippen molar-refractivity contribution in [1.29, 1.82) is 0 Å². The van der Waals surface area contributed by atoms with E-state index < -0.39 is 0 Å². The van der Waals surface area contributed by atoms with E-state index in [2.05, 4.69) is 26.8 Å². The van der Waals surface area contributed by atoms with Gasteiger partial charge < -0.3 is 9.88 Å². The lowest BCUT2D eigenvalue weighted by Crippen LogP contribution is -2.27. The van der Waals surface area contributed by atoms with E-state index in [1.54, 1.807) is 0 Å². The number of amides is 1. The summed E-state index contributed by atoms with van der Waals surface area (Å²) in [5.41, 5.74) is 2.05. The number of nitrogens with zero attached hydrogens (tertiary/aromatic N) is 3. The monoisotopic (exact) mass is 360 g/mol.